The molecule has 40 heteroatoms. The smallest absolute Gasteiger partial charge is 0.493 e. The number of ketones is 1. The summed E-state index contributed by atoms with van der Waals surface area (Å²) in [6, 6.07) is 21.1. The number of benzene rings is 5. The zero-order chi connectivity index (χ0) is 94.5. The number of aliphatic hydroxyl groups is 4. The maximum atomic E-state index is 14.7. The Balaban J connectivity index is 0.602. The molecule has 4 aromatic heterocycles. The first kappa shape index (κ1) is 96.0. The molecule has 0 aliphatic carbocycles. The van der Waals surface area contributed by atoms with Gasteiger partial charge in [0.05, 0.1) is 155 Å². The lowest BCUT2D eigenvalue weighted by molar-refractivity contribution is -0.277. The van der Waals surface area contributed by atoms with E-state index in [1.54, 1.807) is 88.2 Å². The Labute approximate surface area is 763 Å². The zero-order valence-corrected chi connectivity index (χ0v) is 77.2. The fourth-order valence-corrected chi connectivity index (χ4v) is 17.6. The van der Waals surface area contributed by atoms with Crippen LogP contribution in [0.4, 0.5) is 11.4 Å². The van der Waals surface area contributed by atoms with Gasteiger partial charge in [0, 0.05) is 134 Å². The summed E-state index contributed by atoms with van der Waals surface area (Å²) in [5, 5.41) is 57.1. The van der Waals surface area contributed by atoms with E-state index in [4.69, 9.17) is 61.0 Å². The number of pyridine rings is 1. The van der Waals surface area contributed by atoms with Crippen molar-refractivity contribution in [3.8, 4) is 40.2 Å². The number of carbonyl (C=O) groups is 5. The molecule has 9 heterocycles. The molecule has 704 valence electrons. The number of hydrogen-bond acceptors (Lipinski definition) is 31. The van der Waals surface area contributed by atoms with Crippen LogP contribution >= 0.6 is 0 Å². The average molecular weight is 1860 g/mol. The first-order valence-electron chi connectivity index (χ1n) is 42.8. The van der Waals surface area contributed by atoms with Crippen molar-refractivity contribution in [2.45, 2.75) is 169 Å². The van der Waals surface area contributed by atoms with Crippen molar-refractivity contribution in [1.29, 1.82) is 0 Å². The number of aryl methyl sites for hydroxylation is 3. The summed E-state index contributed by atoms with van der Waals surface area (Å²) in [6.07, 6.45) is 2.99. The number of rotatable bonds is 40. The van der Waals surface area contributed by atoms with Crippen molar-refractivity contribution in [3.05, 3.63) is 195 Å². The lowest BCUT2D eigenvalue weighted by Crippen LogP contribution is -2.60. The van der Waals surface area contributed by atoms with Gasteiger partial charge in [0.25, 0.3) is 23.6 Å². The molecule has 5 aliphatic heterocycles. The number of amides is 4. The molecular formula is C92H110N14O24S2. The van der Waals surface area contributed by atoms with E-state index in [9.17, 15) is 61.2 Å². The van der Waals surface area contributed by atoms with Crippen molar-refractivity contribution in [2.75, 3.05) is 72.7 Å². The molecule has 38 nitrogen and oxygen atoms in total. The molecule has 0 unspecified atom stereocenters. The van der Waals surface area contributed by atoms with Gasteiger partial charge in [-0.25, -0.2) is 18.4 Å². The summed E-state index contributed by atoms with van der Waals surface area (Å²) >= 11 is 0. The quantitative estimate of drug-likeness (QED) is 0.0201. The average Bonchev–Trinajstić information content (AvgIpc) is 1.61. The Morgan fingerprint density at radius 2 is 1.11 bits per heavy atom. The highest BCUT2D eigenvalue weighted by Crippen LogP contribution is 2.43. The Hall–Kier alpha value is -12.1. The number of fused-ring (bicyclic) bond motifs is 6. The predicted molar refractivity (Wildman–Crippen MR) is 477 cm³/mol. The number of nitrogens with one attached hydrogen (secondary N) is 2. The predicted octanol–water partition coefficient (Wildman–Crippen LogP) is 7.63. The lowest BCUT2D eigenvalue weighted by Gasteiger charge is -2.39. The summed E-state index contributed by atoms with van der Waals surface area (Å²) in [5.41, 5.74) is 4.71. The minimum atomic E-state index is -5.37. The van der Waals surface area contributed by atoms with Gasteiger partial charge in [-0.3, -0.25) is 43.6 Å². The topological polar surface area (TPSA) is 471 Å². The second-order valence-corrected chi connectivity index (χ2v) is 40.1. The van der Waals surface area contributed by atoms with E-state index >= 15 is 0 Å². The summed E-state index contributed by atoms with van der Waals surface area (Å²) < 4.78 is 127. The molecule has 1 fully saturated rings. The largest absolute Gasteiger partial charge is 0.501 e. The summed E-state index contributed by atoms with van der Waals surface area (Å²) in [7, 11) is -2.45. The van der Waals surface area contributed by atoms with Crippen LogP contribution in [0.25, 0.3) is 0 Å². The fraction of sp³-hybridized carbons (Fsp3) is 0.457. The van der Waals surface area contributed by atoms with Gasteiger partial charge in [-0.2, -0.15) is 0 Å². The van der Waals surface area contributed by atoms with Crippen molar-refractivity contribution in [2.24, 2.45) is 45.7 Å². The van der Waals surface area contributed by atoms with Crippen LogP contribution in [0.5, 0.6) is 40.2 Å². The van der Waals surface area contributed by atoms with E-state index < -0.39 is 108 Å². The number of sulfone groups is 1. The standard InChI is InChI=1S/C92H110N14O24S2/c1-54-14-17-64(18-15-54)131(116,117)21-20-73(108)58-25-59(34-93-33-58)85(113)97-45-90(4,5)48-124-51-92(8,9)50-122-43-60-37-104(101-100-60)46-91(6,7)49-123-47-89(2,3)44-96-84(112)57-16-19-74(127-88-83(111)82(110)81(109)80(40-107)128-88)79(26-57)130-132(118,119)129-63-23-55(41-125-77-31-67-65(29-75(77)120-12)86(114)105-38-69-71(102(10)52-98-69)27-61(105)35-94-67)22-56(24-63)42-126-78-32-68-66(30-76(78)121-13)87(115)106-39-70-72(103(11)53-99-70)28-62(106)36-95-68/h14-19,22-26,29-37,52-53,61-62,80-83,88,107,109-111H,20-21,27-28,38-51H2,1-13H3,(H,96,112)(H,97,113)/t61-,62-,80+,81-,82-,83+,88+/m0/s1. The van der Waals surface area contributed by atoms with Crippen molar-refractivity contribution < 1.29 is 112 Å². The molecule has 5 aliphatic rings. The summed E-state index contributed by atoms with van der Waals surface area (Å²) in [6.45, 7) is 18.8. The summed E-state index contributed by atoms with van der Waals surface area (Å²) in [4.78, 5) is 95.5. The lowest BCUT2D eigenvalue weighted by atomic mass is 9.93. The molecule has 6 N–H and O–H groups in total. The van der Waals surface area contributed by atoms with E-state index in [0.717, 1.165) is 40.5 Å². The third-order valence-electron chi connectivity index (χ3n) is 23.0. The Morgan fingerprint density at radius 1 is 0.576 bits per heavy atom. The van der Waals surface area contributed by atoms with E-state index in [-0.39, 0.29) is 168 Å². The zero-order valence-electron chi connectivity index (χ0n) is 75.6. The SMILES string of the molecule is COc1cc2c(cc1OCc1cc(COc3cc4c(cc3OC)C(=O)N3Cc5ncn(C)c5C[C@H]3C=N4)cc(OS(=O)(=O)Oc3cc(C(=O)NCC(C)(C)COCC(C)(C)Cn4cc(COCC(C)(C)COCC(C)(C)CNC(=O)c5cncc(C(=O)CCS(=O)(=O)c6ccc(C)cc6)c5)nn4)ccc3O[C@@H]3O[C@H](CO)[C@H](O)[C@H](O)[C@H]3O)c1)N=C[C@@H]1Cc3c(ncn3C)CN1C2=O. The van der Waals surface area contributed by atoms with Gasteiger partial charge in [-0.1, -0.05) is 78.3 Å². The van der Waals surface area contributed by atoms with Crippen LogP contribution < -0.4 is 42.7 Å². The first-order valence-corrected chi connectivity index (χ1v) is 45.8. The van der Waals surface area contributed by atoms with E-state index in [1.165, 1.54) is 63.0 Å². The van der Waals surface area contributed by atoms with Crippen LogP contribution in [-0.4, -0.2) is 243 Å². The van der Waals surface area contributed by atoms with E-state index in [2.05, 4.69) is 35.9 Å². The van der Waals surface area contributed by atoms with Crippen molar-refractivity contribution >= 4 is 73.5 Å². The molecule has 7 atom stereocenters. The number of aliphatic hydroxyl groups excluding tert-OH is 4. The molecule has 0 spiro atoms. The van der Waals surface area contributed by atoms with Crippen LogP contribution in [0.3, 0.4) is 0 Å². The minimum Gasteiger partial charge on any atom is -0.493 e. The Morgan fingerprint density at radius 3 is 1.67 bits per heavy atom. The number of methoxy groups -OCH3 is 2. The van der Waals surface area contributed by atoms with Crippen LogP contribution in [0.15, 0.2) is 137 Å². The van der Waals surface area contributed by atoms with Crippen LogP contribution in [0.1, 0.15) is 159 Å². The molecule has 132 heavy (non-hydrogen) atoms. The molecule has 5 aromatic carbocycles. The Kier molecular flexibility index (Phi) is 28.9. The van der Waals surface area contributed by atoms with Gasteiger partial charge < -0.3 is 101 Å². The maximum Gasteiger partial charge on any atom is 0.501 e. The maximum absolute atomic E-state index is 14.7. The monoisotopic (exact) mass is 1860 g/mol. The molecular weight excluding hydrogens is 1750 g/mol. The molecule has 0 bridgehead atoms. The number of carbonyl (C=O) groups excluding carboxylic acids is 5. The van der Waals surface area contributed by atoms with E-state index in [1.807, 2.05) is 85.5 Å². The van der Waals surface area contributed by atoms with Gasteiger partial charge in [0.2, 0.25) is 6.29 Å². The second-order valence-electron chi connectivity index (χ2n) is 36.8. The fourth-order valence-electron chi connectivity index (χ4n) is 15.7. The number of hydrogen-bond donors (Lipinski definition) is 6. The number of Topliss-reactive ketones (excluding diaryl/α,β-unsaturated/α-hetero) is 1. The van der Waals surface area contributed by atoms with Gasteiger partial charge in [0.15, 0.2) is 50.1 Å². The van der Waals surface area contributed by atoms with Crippen LogP contribution in [0.2, 0.25) is 0 Å². The van der Waals surface area contributed by atoms with Gasteiger partial charge >= 0.3 is 10.4 Å². The normalized spacial score (nSPS) is 18.5. The van der Waals surface area contributed by atoms with Crippen molar-refractivity contribution in [1.82, 2.24) is 59.5 Å². The number of aromatic nitrogens is 8. The number of nitrogens with zero attached hydrogens (tertiary/aromatic N) is 12. The minimum absolute atomic E-state index is 0.0315. The molecule has 14 rings (SSSR count). The first-order chi connectivity index (χ1) is 62.6. The van der Waals surface area contributed by atoms with Gasteiger partial charge in [0.1, 0.15) is 49.1 Å². The molecule has 9 aromatic rings. The van der Waals surface area contributed by atoms with Crippen LogP contribution in [-0.2, 0) is 106 Å². The van der Waals surface area contributed by atoms with Gasteiger partial charge in [-0.15, -0.1) is 13.5 Å². The highest BCUT2D eigenvalue weighted by molar-refractivity contribution is 7.91. The third-order valence-corrected chi connectivity index (χ3v) is 25.5. The highest BCUT2D eigenvalue weighted by Gasteiger charge is 2.46. The summed E-state index contributed by atoms with van der Waals surface area (Å²) in [5.74, 6) is -3.45. The van der Waals surface area contributed by atoms with Crippen molar-refractivity contribution in [3.63, 3.8) is 0 Å². The number of aliphatic imine (C=N–C) groups is 2. The van der Waals surface area contributed by atoms with Gasteiger partial charge in [-0.05, 0) is 84.8 Å². The number of imidazole rings is 2. The highest BCUT2D eigenvalue weighted by atomic mass is 32.3. The number of ether oxygens (including phenoxy) is 9. The van der Waals surface area contributed by atoms with Crippen LogP contribution in [0, 0.1) is 28.6 Å². The molecule has 4 amide bonds. The molecule has 0 radical (unpaired) electrons. The molecule has 1 saturated heterocycles. The molecule has 0 saturated carbocycles. The third kappa shape index (κ3) is 23.1. The second kappa shape index (κ2) is 39.7. The van der Waals surface area contributed by atoms with E-state index in [0.29, 0.717) is 56.3 Å². The Bertz CT molecular complexity index is 5920.